The van der Waals surface area contributed by atoms with Gasteiger partial charge in [0.1, 0.15) is 11.6 Å². The summed E-state index contributed by atoms with van der Waals surface area (Å²) in [5, 5.41) is 0. The molecule has 2 aromatic rings. The van der Waals surface area contributed by atoms with E-state index in [1.54, 1.807) is 21.3 Å². The Morgan fingerprint density at radius 1 is 0.917 bits per heavy atom. The highest BCUT2D eigenvalue weighted by atomic mass is 16.5. The molecule has 2 heterocycles. The molecule has 0 amide bonds. The van der Waals surface area contributed by atoms with Gasteiger partial charge in [-0.3, -0.25) is 0 Å². The number of anilines is 1. The Kier molecular flexibility index (Phi) is 4.46. The molecule has 1 aliphatic rings. The lowest BCUT2D eigenvalue weighted by molar-refractivity contribution is 0.353. The number of methoxy groups -OCH3 is 3. The standard InChI is InChI=1S/C18H23N3O3/c1-11-17(19-12(2)20-18(11)24-5)21-7-6-13-8-15(22-3)16(23-4)9-14(13)10-21/h8-9H,6-7,10H2,1-5H3. The summed E-state index contributed by atoms with van der Waals surface area (Å²) in [7, 11) is 4.97. The molecule has 0 fully saturated rings. The van der Waals surface area contributed by atoms with Crippen LogP contribution >= 0.6 is 0 Å². The normalized spacial score (nSPS) is 13.5. The van der Waals surface area contributed by atoms with Crippen molar-refractivity contribution in [1.82, 2.24) is 9.97 Å². The minimum absolute atomic E-state index is 0.635. The van der Waals surface area contributed by atoms with Gasteiger partial charge in [0.15, 0.2) is 11.5 Å². The van der Waals surface area contributed by atoms with E-state index in [-0.39, 0.29) is 0 Å². The van der Waals surface area contributed by atoms with E-state index in [0.29, 0.717) is 11.7 Å². The highest BCUT2D eigenvalue weighted by Crippen LogP contribution is 2.35. The van der Waals surface area contributed by atoms with E-state index in [9.17, 15) is 0 Å². The summed E-state index contributed by atoms with van der Waals surface area (Å²) in [6.07, 6.45) is 0.931. The number of hydrogen-bond acceptors (Lipinski definition) is 6. The molecule has 3 rings (SSSR count). The molecular weight excluding hydrogens is 306 g/mol. The van der Waals surface area contributed by atoms with E-state index < -0.39 is 0 Å². The van der Waals surface area contributed by atoms with Gasteiger partial charge < -0.3 is 19.1 Å². The monoisotopic (exact) mass is 329 g/mol. The average molecular weight is 329 g/mol. The van der Waals surface area contributed by atoms with Gasteiger partial charge in [0.2, 0.25) is 5.88 Å². The summed E-state index contributed by atoms with van der Waals surface area (Å²) in [5.74, 6) is 3.81. The molecule has 0 saturated heterocycles. The van der Waals surface area contributed by atoms with Crippen LogP contribution in [-0.4, -0.2) is 37.8 Å². The fourth-order valence-electron chi connectivity index (χ4n) is 3.16. The second kappa shape index (κ2) is 6.55. The smallest absolute Gasteiger partial charge is 0.221 e. The number of ether oxygens (including phenoxy) is 3. The number of hydrogen-bond donors (Lipinski definition) is 0. The zero-order valence-corrected chi connectivity index (χ0v) is 14.8. The average Bonchev–Trinajstić information content (AvgIpc) is 2.61. The van der Waals surface area contributed by atoms with Crippen molar-refractivity contribution in [3.8, 4) is 17.4 Å². The maximum absolute atomic E-state index is 5.43. The van der Waals surface area contributed by atoms with Gasteiger partial charge in [-0.2, -0.15) is 4.98 Å². The number of fused-ring (bicyclic) bond motifs is 1. The molecule has 1 aromatic carbocycles. The minimum atomic E-state index is 0.635. The number of aryl methyl sites for hydroxylation is 1. The topological polar surface area (TPSA) is 56.7 Å². The van der Waals surface area contributed by atoms with E-state index in [2.05, 4.69) is 27.0 Å². The van der Waals surface area contributed by atoms with Gasteiger partial charge in [0.05, 0.1) is 26.9 Å². The third-order valence-electron chi connectivity index (χ3n) is 4.40. The van der Waals surface area contributed by atoms with Crippen LogP contribution in [0.1, 0.15) is 22.5 Å². The van der Waals surface area contributed by atoms with Crippen LogP contribution in [0, 0.1) is 13.8 Å². The van der Waals surface area contributed by atoms with Crippen LogP contribution in [0.4, 0.5) is 5.82 Å². The van der Waals surface area contributed by atoms with Crippen LogP contribution in [0.25, 0.3) is 0 Å². The Labute approximate surface area is 142 Å². The number of aromatic nitrogens is 2. The lowest BCUT2D eigenvalue weighted by Gasteiger charge is -2.31. The van der Waals surface area contributed by atoms with Crippen LogP contribution in [-0.2, 0) is 13.0 Å². The van der Waals surface area contributed by atoms with Crippen molar-refractivity contribution >= 4 is 5.82 Å². The summed E-state index contributed by atoms with van der Waals surface area (Å²) in [6, 6.07) is 4.13. The highest BCUT2D eigenvalue weighted by molar-refractivity contribution is 5.55. The number of nitrogens with zero attached hydrogens (tertiary/aromatic N) is 3. The molecule has 0 bridgehead atoms. The van der Waals surface area contributed by atoms with Gasteiger partial charge in [-0.15, -0.1) is 0 Å². The number of benzene rings is 1. The molecule has 0 saturated carbocycles. The molecule has 0 unspecified atom stereocenters. The number of rotatable bonds is 4. The predicted molar refractivity (Wildman–Crippen MR) is 92.4 cm³/mol. The first kappa shape index (κ1) is 16.4. The van der Waals surface area contributed by atoms with Crippen LogP contribution < -0.4 is 19.1 Å². The summed E-state index contributed by atoms with van der Waals surface area (Å²) in [6.45, 7) is 5.55. The van der Waals surface area contributed by atoms with Gasteiger partial charge in [-0.25, -0.2) is 4.98 Å². The zero-order chi connectivity index (χ0) is 17.3. The molecule has 0 aliphatic carbocycles. The van der Waals surface area contributed by atoms with Crippen molar-refractivity contribution in [3.05, 3.63) is 34.6 Å². The van der Waals surface area contributed by atoms with Crippen LogP contribution in [0.2, 0.25) is 0 Å². The summed E-state index contributed by atoms with van der Waals surface area (Å²) in [4.78, 5) is 11.2. The Morgan fingerprint density at radius 3 is 2.21 bits per heavy atom. The van der Waals surface area contributed by atoms with Crippen LogP contribution in [0.5, 0.6) is 17.4 Å². The van der Waals surface area contributed by atoms with Crippen molar-refractivity contribution in [2.75, 3.05) is 32.8 Å². The van der Waals surface area contributed by atoms with E-state index >= 15 is 0 Å². The Morgan fingerprint density at radius 2 is 1.58 bits per heavy atom. The minimum Gasteiger partial charge on any atom is -0.493 e. The molecule has 0 radical (unpaired) electrons. The molecule has 1 aliphatic heterocycles. The first-order valence-corrected chi connectivity index (χ1v) is 7.95. The van der Waals surface area contributed by atoms with Crippen molar-refractivity contribution in [1.29, 1.82) is 0 Å². The first-order chi connectivity index (χ1) is 11.6. The third kappa shape index (κ3) is 2.84. The lowest BCUT2D eigenvalue weighted by atomic mass is 9.98. The molecule has 6 heteroatoms. The maximum atomic E-state index is 5.43. The second-order valence-electron chi connectivity index (χ2n) is 5.88. The summed E-state index contributed by atoms with van der Waals surface area (Å²) < 4.78 is 16.2. The van der Waals surface area contributed by atoms with Crippen molar-refractivity contribution in [3.63, 3.8) is 0 Å². The molecule has 0 spiro atoms. The molecule has 0 N–H and O–H groups in total. The van der Waals surface area contributed by atoms with E-state index in [0.717, 1.165) is 42.4 Å². The zero-order valence-electron chi connectivity index (χ0n) is 14.8. The quantitative estimate of drug-likeness (QED) is 0.859. The molecule has 24 heavy (non-hydrogen) atoms. The van der Waals surface area contributed by atoms with E-state index in [1.807, 2.05) is 13.8 Å². The van der Waals surface area contributed by atoms with Crippen molar-refractivity contribution in [2.24, 2.45) is 0 Å². The molecule has 6 nitrogen and oxygen atoms in total. The van der Waals surface area contributed by atoms with Gasteiger partial charge in [0, 0.05) is 13.1 Å². The molecule has 128 valence electrons. The van der Waals surface area contributed by atoms with Crippen LogP contribution in [0.15, 0.2) is 12.1 Å². The van der Waals surface area contributed by atoms with Gasteiger partial charge in [0.25, 0.3) is 0 Å². The highest BCUT2D eigenvalue weighted by Gasteiger charge is 2.23. The lowest BCUT2D eigenvalue weighted by Crippen LogP contribution is -2.32. The maximum Gasteiger partial charge on any atom is 0.221 e. The van der Waals surface area contributed by atoms with Gasteiger partial charge in [-0.05, 0) is 43.5 Å². The van der Waals surface area contributed by atoms with Gasteiger partial charge >= 0.3 is 0 Å². The van der Waals surface area contributed by atoms with Crippen molar-refractivity contribution in [2.45, 2.75) is 26.8 Å². The molecular formula is C18H23N3O3. The Bertz CT molecular complexity index is 762. The Hall–Kier alpha value is -2.50. The van der Waals surface area contributed by atoms with E-state index in [1.165, 1.54) is 11.1 Å². The fraction of sp³-hybridized carbons (Fsp3) is 0.444. The third-order valence-corrected chi connectivity index (χ3v) is 4.40. The fourth-order valence-corrected chi connectivity index (χ4v) is 3.16. The Balaban J connectivity index is 1.97. The largest absolute Gasteiger partial charge is 0.493 e. The van der Waals surface area contributed by atoms with Crippen molar-refractivity contribution < 1.29 is 14.2 Å². The molecule has 1 aromatic heterocycles. The first-order valence-electron chi connectivity index (χ1n) is 7.95. The predicted octanol–water partition coefficient (Wildman–Crippen LogP) is 2.68. The van der Waals surface area contributed by atoms with Crippen LogP contribution in [0.3, 0.4) is 0 Å². The van der Waals surface area contributed by atoms with E-state index in [4.69, 9.17) is 14.2 Å². The van der Waals surface area contributed by atoms with Gasteiger partial charge in [-0.1, -0.05) is 0 Å². The second-order valence-corrected chi connectivity index (χ2v) is 5.88. The summed E-state index contributed by atoms with van der Waals surface area (Å²) >= 11 is 0. The SMILES string of the molecule is COc1cc2c(cc1OC)CN(c1nc(C)nc(OC)c1C)CC2. The summed E-state index contributed by atoms with van der Waals surface area (Å²) in [5.41, 5.74) is 3.49. The molecule has 0 atom stereocenters.